The lowest BCUT2D eigenvalue weighted by Gasteiger charge is -2.40. The van der Waals surface area contributed by atoms with Gasteiger partial charge in [-0.1, -0.05) is 18.2 Å². The summed E-state index contributed by atoms with van der Waals surface area (Å²) in [7, 11) is -0.488. The van der Waals surface area contributed by atoms with Gasteiger partial charge < -0.3 is 12.7 Å². The van der Waals surface area contributed by atoms with Crippen LogP contribution in [0.3, 0.4) is 0 Å². The van der Waals surface area contributed by atoms with E-state index >= 15 is 0 Å². The molecular weight excluding hydrogens is 234 g/mol. The summed E-state index contributed by atoms with van der Waals surface area (Å²) < 4.78 is 7.99. The highest BCUT2D eigenvalue weighted by atomic mass is 28.4. The number of hydrogen-bond acceptors (Lipinski definition) is 3. The van der Waals surface area contributed by atoms with E-state index in [1.54, 1.807) is 0 Å². The summed E-state index contributed by atoms with van der Waals surface area (Å²) in [5.74, 6) is 0. The van der Waals surface area contributed by atoms with Crippen LogP contribution in [0.15, 0.2) is 38.0 Å². The molecule has 1 aliphatic rings. The molecule has 15 heavy (non-hydrogen) atoms. The van der Waals surface area contributed by atoms with Crippen LogP contribution in [0.5, 0.6) is 0 Å². The van der Waals surface area contributed by atoms with Crippen LogP contribution in [0, 0.1) is 0 Å². The van der Waals surface area contributed by atoms with Gasteiger partial charge in [-0.05, 0) is 0 Å². The van der Waals surface area contributed by atoms with Crippen molar-refractivity contribution in [2.24, 2.45) is 0 Å². The molecule has 0 saturated carbocycles. The molecule has 6 heteroatoms. The van der Waals surface area contributed by atoms with E-state index in [0.29, 0.717) is 0 Å². The lowest BCUT2D eigenvalue weighted by atomic mass is 10.7. The highest BCUT2D eigenvalue weighted by Crippen LogP contribution is 2.01. The van der Waals surface area contributed by atoms with Gasteiger partial charge in [-0.25, -0.2) is 0 Å². The van der Waals surface area contributed by atoms with Crippen molar-refractivity contribution in [3.63, 3.8) is 0 Å². The van der Waals surface area contributed by atoms with Gasteiger partial charge in [-0.15, -0.1) is 19.7 Å². The van der Waals surface area contributed by atoms with E-state index in [0.717, 1.165) is 19.6 Å². The molecule has 1 saturated heterocycles. The van der Waals surface area contributed by atoms with Crippen molar-refractivity contribution in [1.29, 1.82) is 0 Å². The van der Waals surface area contributed by atoms with Gasteiger partial charge in [0.1, 0.15) is 0 Å². The summed E-state index contributed by atoms with van der Waals surface area (Å²) in [5, 5.41) is 0. The van der Waals surface area contributed by atoms with Crippen LogP contribution < -0.4 is 0 Å². The van der Waals surface area contributed by atoms with Crippen molar-refractivity contribution in [1.82, 2.24) is 12.7 Å². The van der Waals surface area contributed by atoms with Crippen molar-refractivity contribution in [2.75, 3.05) is 19.6 Å². The van der Waals surface area contributed by atoms with Gasteiger partial charge in [-0.2, -0.15) is 0 Å². The zero-order chi connectivity index (χ0) is 11.1. The molecule has 0 aliphatic carbocycles. The first-order valence-electron chi connectivity index (χ1n) is 5.30. The first kappa shape index (κ1) is 12.8. The molecule has 0 radical (unpaired) electrons. The van der Waals surface area contributed by atoms with Crippen molar-refractivity contribution in [3.8, 4) is 0 Å². The summed E-state index contributed by atoms with van der Waals surface area (Å²) in [6.45, 7) is 14.7. The van der Waals surface area contributed by atoms with Gasteiger partial charge in [0, 0.05) is 19.6 Å². The van der Waals surface area contributed by atoms with Gasteiger partial charge in [0.2, 0.25) is 0 Å². The van der Waals surface area contributed by atoms with E-state index in [1.165, 1.54) is 0 Å². The molecule has 0 aromatic carbocycles. The Morgan fingerprint density at radius 2 is 0.933 bits per heavy atom. The van der Waals surface area contributed by atoms with E-state index in [9.17, 15) is 0 Å². The molecule has 1 heterocycles. The monoisotopic (exact) mass is 255 g/mol. The quantitative estimate of drug-likeness (QED) is 0.421. The fraction of sp³-hybridized carbons (Fsp3) is 0.333. The standard InChI is InChI=1S/C9H21N3Si3/c1-4-7-10-13-11(8-5-2)15-12(14-10)9-6-3/h4-6H,1-3,7-9,13-15H2. The van der Waals surface area contributed by atoms with Gasteiger partial charge in [-0.3, -0.25) is 0 Å². The SMILES string of the molecule is C=CCN1[SiH2]N(CC=C)[SiH2]N(CC=C)[SiH2]1. The predicted octanol–water partition coefficient (Wildman–Crippen LogP) is -1.54. The topological polar surface area (TPSA) is 9.72 Å². The minimum Gasteiger partial charge on any atom is -0.328 e. The fourth-order valence-electron chi connectivity index (χ4n) is 1.88. The van der Waals surface area contributed by atoms with Crippen LogP contribution in [-0.4, -0.2) is 61.9 Å². The normalized spacial score (nSPS) is 24.8. The maximum Gasteiger partial charge on any atom is 0.161 e. The molecule has 0 N–H and O–H groups in total. The third kappa shape index (κ3) is 4.41. The van der Waals surface area contributed by atoms with Crippen LogP contribution in [0.2, 0.25) is 0 Å². The van der Waals surface area contributed by atoms with E-state index in [4.69, 9.17) is 0 Å². The molecule has 1 fully saturated rings. The Morgan fingerprint density at radius 1 is 0.667 bits per heavy atom. The first-order chi connectivity index (χ1) is 7.30. The van der Waals surface area contributed by atoms with E-state index < -0.39 is 0 Å². The molecule has 0 atom stereocenters. The summed E-state index contributed by atoms with van der Waals surface area (Å²) >= 11 is 0. The van der Waals surface area contributed by atoms with Crippen molar-refractivity contribution in [2.45, 2.75) is 0 Å². The smallest absolute Gasteiger partial charge is 0.161 e. The maximum atomic E-state index is 3.83. The Balaban J connectivity index is 2.50. The van der Waals surface area contributed by atoms with Crippen molar-refractivity contribution in [3.05, 3.63) is 38.0 Å². The lowest BCUT2D eigenvalue weighted by Crippen LogP contribution is -2.61. The minimum atomic E-state index is -0.163. The zero-order valence-corrected chi connectivity index (χ0v) is 13.7. The van der Waals surface area contributed by atoms with Gasteiger partial charge >= 0.3 is 0 Å². The Hall–Kier alpha value is -0.249. The van der Waals surface area contributed by atoms with Crippen molar-refractivity contribution < 1.29 is 0 Å². The highest BCUT2D eigenvalue weighted by molar-refractivity contribution is 6.64. The van der Waals surface area contributed by atoms with Crippen LogP contribution in [0.1, 0.15) is 0 Å². The number of hydrogen-bond donors (Lipinski definition) is 0. The molecule has 0 spiro atoms. The van der Waals surface area contributed by atoms with Crippen LogP contribution in [0.25, 0.3) is 0 Å². The molecule has 0 aromatic rings. The second-order valence-corrected chi connectivity index (χ2v) is 12.7. The van der Waals surface area contributed by atoms with Crippen LogP contribution >= 0.6 is 0 Å². The second kappa shape index (κ2) is 7.10. The third-order valence-electron chi connectivity index (χ3n) is 2.36. The van der Waals surface area contributed by atoms with Gasteiger partial charge in [0.25, 0.3) is 0 Å². The molecule has 3 nitrogen and oxygen atoms in total. The predicted molar refractivity (Wildman–Crippen MR) is 76.3 cm³/mol. The van der Waals surface area contributed by atoms with Crippen molar-refractivity contribution >= 4 is 29.5 Å². The summed E-state index contributed by atoms with van der Waals surface area (Å²) in [6, 6.07) is 0. The highest BCUT2D eigenvalue weighted by Gasteiger charge is 2.21. The Bertz CT molecular complexity index is 191. The molecule has 0 aromatic heterocycles. The maximum absolute atomic E-state index is 3.83. The molecule has 0 bridgehead atoms. The third-order valence-corrected chi connectivity index (χ3v) is 9.91. The summed E-state index contributed by atoms with van der Waals surface area (Å²) in [4.78, 5) is 0. The van der Waals surface area contributed by atoms with Gasteiger partial charge in [0.05, 0.1) is 0 Å². The Morgan fingerprint density at radius 3 is 1.13 bits per heavy atom. The zero-order valence-electron chi connectivity index (χ0n) is 9.44. The molecule has 0 amide bonds. The Kier molecular flexibility index (Phi) is 6.06. The van der Waals surface area contributed by atoms with Crippen LogP contribution in [-0.2, 0) is 0 Å². The average molecular weight is 256 g/mol. The molecule has 1 aliphatic heterocycles. The first-order valence-corrected chi connectivity index (χ1v) is 9.09. The number of nitrogens with zero attached hydrogens (tertiary/aromatic N) is 3. The summed E-state index contributed by atoms with van der Waals surface area (Å²) in [5.41, 5.74) is 0. The fourth-order valence-corrected chi connectivity index (χ4v) is 14.1. The van der Waals surface area contributed by atoms with Crippen LogP contribution in [0.4, 0.5) is 0 Å². The molecule has 1 rings (SSSR count). The van der Waals surface area contributed by atoms with E-state index in [2.05, 4.69) is 32.4 Å². The van der Waals surface area contributed by atoms with E-state index in [-0.39, 0.29) is 29.5 Å². The molecule has 84 valence electrons. The largest absolute Gasteiger partial charge is 0.328 e. The molecular formula is C9H21N3Si3. The lowest BCUT2D eigenvalue weighted by molar-refractivity contribution is 0.536. The van der Waals surface area contributed by atoms with E-state index in [1.807, 2.05) is 18.2 Å². The average Bonchev–Trinajstić information content (AvgIpc) is 2.19. The second-order valence-electron chi connectivity index (χ2n) is 3.85. The summed E-state index contributed by atoms with van der Waals surface area (Å²) in [6.07, 6.45) is 6.10. The number of rotatable bonds is 6. The van der Waals surface area contributed by atoms with Gasteiger partial charge in [0.15, 0.2) is 29.5 Å². The molecule has 0 unspecified atom stereocenters. The Labute approximate surface area is 100 Å². The minimum absolute atomic E-state index is 0.163.